The number of benzene rings is 3. The second kappa shape index (κ2) is 8.25. The van der Waals surface area contributed by atoms with Crippen molar-refractivity contribution in [3.05, 3.63) is 117 Å². The highest BCUT2D eigenvalue weighted by Gasteiger charge is 2.33. The van der Waals surface area contributed by atoms with Crippen molar-refractivity contribution < 1.29 is 19.2 Å². The third-order valence-electron chi connectivity index (χ3n) is 5.52. The van der Waals surface area contributed by atoms with Crippen LogP contribution in [0.25, 0.3) is 11.8 Å². The maximum absolute atomic E-state index is 12.9. The Morgan fingerprint density at radius 2 is 1.47 bits per heavy atom. The number of nitrogens with zero attached hydrogens (tertiary/aromatic N) is 3. The van der Waals surface area contributed by atoms with E-state index in [4.69, 9.17) is 4.74 Å². The molecule has 0 N–H and O–H groups in total. The summed E-state index contributed by atoms with van der Waals surface area (Å²) in [4.78, 5) is 36.4. The second-order valence-corrected chi connectivity index (χ2v) is 7.67. The van der Waals surface area contributed by atoms with Crippen LogP contribution in [0.4, 0.5) is 5.69 Å². The van der Waals surface area contributed by atoms with Gasteiger partial charge in [-0.1, -0.05) is 42.5 Å². The van der Waals surface area contributed by atoms with Gasteiger partial charge in [-0.2, -0.15) is 9.78 Å². The summed E-state index contributed by atoms with van der Waals surface area (Å²) >= 11 is 0. The molecule has 0 aliphatic heterocycles. The van der Waals surface area contributed by atoms with Gasteiger partial charge in [0.05, 0.1) is 27.4 Å². The first-order valence-electron chi connectivity index (χ1n) is 10.4. The van der Waals surface area contributed by atoms with Gasteiger partial charge in [-0.3, -0.25) is 19.7 Å². The standard InChI is InChI=1S/C26H17N3O5/c1-16-22(15-23-24(30)20-9-5-6-10-21(20)25(23)31)26(28(27-16)17-7-3-2-4-8-17)34-19-13-11-18(12-14-19)29(32)33/h2-15H,1H3. The number of para-hydroxylation sites is 1. The molecule has 1 aliphatic carbocycles. The lowest BCUT2D eigenvalue weighted by Gasteiger charge is -2.10. The van der Waals surface area contributed by atoms with E-state index in [0.717, 1.165) is 0 Å². The van der Waals surface area contributed by atoms with Crippen LogP contribution < -0.4 is 4.74 Å². The average molecular weight is 451 g/mol. The molecule has 3 aromatic carbocycles. The van der Waals surface area contributed by atoms with Crippen LogP contribution in [0.5, 0.6) is 11.6 Å². The third kappa shape index (κ3) is 3.57. The molecule has 1 aliphatic rings. The van der Waals surface area contributed by atoms with Crippen molar-refractivity contribution in [1.29, 1.82) is 0 Å². The van der Waals surface area contributed by atoms with Gasteiger partial charge in [0.15, 0.2) is 11.6 Å². The first-order chi connectivity index (χ1) is 16.4. The number of fused-ring (bicyclic) bond motifs is 1. The van der Waals surface area contributed by atoms with Gasteiger partial charge in [0, 0.05) is 23.3 Å². The van der Waals surface area contributed by atoms with Crippen LogP contribution in [0.1, 0.15) is 32.0 Å². The van der Waals surface area contributed by atoms with E-state index in [1.807, 2.05) is 30.3 Å². The molecule has 0 saturated heterocycles. The lowest BCUT2D eigenvalue weighted by atomic mass is 10.1. The number of hydrogen-bond donors (Lipinski definition) is 0. The zero-order valence-electron chi connectivity index (χ0n) is 18.0. The zero-order chi connectivity index (χ0) is 23.8. The fraction of sp³-hybridized carbons (Fsp3) is 0.0385. The molecule has 0 saturated carbocycles. The first kappa shape index (κ1) is 21.0. The first-order valence-corrected chi connectivity index (χ1v) is 10.4. The largest absolute Gasteiger partial charge is 0.438 e. The van der Waals surface area contributed by atoms with E-state index in [-0.39, 0.29) is 28.7 Å². The van der Waals surface area contributed by atoms with E-state index >= 15 is 0 Å². The van der Waals surface area contributed by atoms with Gasteiger partial charge < -0.3 is 4.74 Å². The maximum Gasteiger partial charge on any atom is 0.269 e. The van der Waals surface area contributed by atoms with Crippen molar-refractivity contribution in [1.82, 2.24) is 9.78 Å². The number of carbonyl (C=O) groups excluding carboxylic acids is 2. The average Bonchev–Trinajstić information content (AvgIpc) is 3.29. The molecule has 0 fully saturated rings. The normalized spacial score (nSPS) is 12.6. The number of carbonyl (C=O) groups is 2. The molecule has 166 valence electrons. The Balaban J connectivity index is 1.64. The number of hydrogen-bond acceptors (Lipinski definition) is 6. The fourth-order valence-corrected chi connectivity index (χ4v) is 3.82. The summed E-state index contributed by atoms with van der Waals surface area (Å²) < 4.78 is 7.69. The molecular weight excluding hydrogens is 434 g/mol. The van der Waals surface area contributed by atoms with E-state index in [0.29, 0.717) is 33.8 Å². The summed E-state index contributed by atoms with van der Waals surface area (Å²) in [7, 11) is 0. The molecule has 8 nitrogen and oxygen atoms in total. The number of nitro groups is 1. The quantitative estimate of drug-likeness (QED) is 0.175. The number of ketones is 2. The van der Waals surface area contributed by atoms with Crippen LogP contribution in [0.2, 0.25) is 0 Å². The predicted molar refractivity (Wildman–Crippen MR) is 125 cm³/mol. The summed E-state index contributed by atoms with van der Waals surface area (Å²) in [5.74, 6) is -0.0844. The van der Waals surface area contributed by atoms with Crippen LogP contribution in [0.15, 0.2) is 84.4 Å². The van der Waals surface area contributed by atoms with E-state index in [2.05, 4.69) is 5.10 Å². The number of ether oxygens (including phenoxy) is 1. The van der Waals surface area contributed by atoms with Crippen molar-refractivity contribution in [2.24, 2.45) is 0 Å². The summed E-state index contributed by atoms with van der Waals surface area (Å²) in [5.41, 5.74) is 2.42. The van der Waals surface area contributed by atoms with Gasteiger partial charge in [-0.25, -0.2) is 0 Å². The molecule has 34 heavy (non-hydrogen) atoms. The maximum atomic E-state index is 12.9. The minimum absolute atomic E-state index is 0.0328. The fourth-order valence-electron chi connectivity index (χ4n) is 3.82. The Morgan fingerprint density at radius 3 is 2.06 bits per heavy atom. The van der Waals surface area contributed by atoms with Crippen molar-refractivity contribution in [2.75, 3.05) is 0 Å². The highest BCUT2D eigenvalue weighted by Crippen LogP contribution is 2.35. The number of Topliss-reactive ketones (excluding diaryl/α,β-unsaturated/α-hetero) is 2. The number of rotatable bonds is 5. The van der Waals surface area contributed by atoms with Crippen molar-refractivity contribution in [3.8, 4) is 17.3 Å². The second-order valence-electron chi connectivity index (χ2n) is 7.67. The van der Waals surface area contributed by atoms with Gasteiger partial charge in [-0.05, 0) is 37.3 Å². The number of aryl methyl sites for hydroxylation is 1. The molecule has 1 heterocycles. The van der Waals surface area contributed by atoms with E-state index in [9.17, 15) is 19.7 Å². The molecule has 0 atom stereocenters. The van der Waals surface area contributed by atoms with E-state index in [1.54, 1.807) is 35.9 Å². The monoisotopic (exact) mass is 451 g/mol. The summed E-state index contributed by atoms with van der Waals surface area (Å²) in [6, 6.07) is 21.6. The lowest BCUT2D eigenvalue weighted by Crippen LogP contribution is -2.02. The minimum Gasteiger partial charge on any atom is -0.438 e. The van der Waals surface area contributed by atoms with E-state index in [1.165, 1.54) is 30.3 Å². The van der Waals surface area contributed by atoms with E-state index < -0.39 is 4.92 Å². The lowest BCUT2D eigenvalue weighted by molar-refractivity contribution is -0.384. The molecule has 5 rings (SSSR count). The molecule has 0 unspecified atom stereocenters. The molecule has 0 amide bonds. The molecule has 4 aromatic rings. The van der Waals surface area contributed by atoms with Crippen molar-refractivity contribution in [3.63, 3.8) is 0 Å². The van der Waals surface area contributed by atoms with Crippen LogP contribution in [0, 0.1) is 17.0 Å². The van der Waals surface area contributed by atoms with Crippen LogP contribution in [-0.2, 0) is 0 Å². The van der Waals surface area contributed by atoms with Gasteiger partial charge in [0.2, 0.25) is 5.88 Å². The number of allylic oxidation sites excluding steroid dienone is 1. The summed E-state index contributed by atoms with van der Waals surface area (Å²) in [5, 5.41) is 15.6. The van der Waals surface area contributed by atoms with Gasteiger partial charge in [0.1, 0.15) is 5.75 Å². The smallest absolute Gasteiger partial charge is 0.269 e. The summed E-state index contributed by atoms with van der Waals surface area (Å²) in [6.45, 7) is 1.76. The highest BCUT2D eigenvalue weighted by atomic mass is 16.6. The summed E-state index contributed by atoms with van der Waals surface area (Å²) in [6.07, 6.45) is 1.51. The molecule has 0 spiro atoms. The Bertz CT molecular complexity index is 1450. The van der Waals surface area contributed by atoms with Gasteiger partial charge >= 0.3 is 0 Å². The number of nitro benzene ring substituents is 1. The highest BCUT2D eigenvalue weighted by molar-refractivity contribution is 6.41. The van der Waals surface area contributed by atoms with Crippen molar-refractivity contribution >= 4 is 23.3 Å². The number of aromatic nitrogens is 2. The Hall–Kier alpha value is -4.85. The molecule has 0 bridgehead atoms. The Morgan fingerprint density at radius 1 is 0.882 bits per heavy atom. The van der Waals surface area contributed by atoms with Gasteiger partial charge in [-0.15, -0.1) is 0 Å². The SMILES string of the molecule is Cc1nn(-c2ccccc2)c(Oc2ccc([N+](=O)[O-])cc2)c1C=C1C(=O)c2ccccc2C1=O. The molecular formula is C26H17N3O5. The van der Waals surface area contributed by atoms with Crippen LogP contribution in [0.3, 0.4) is 0 Å². The third-order valence-corrected chi connectivity index (χ3v) is 5.52. The molecule has 1 aromatic heterocycles. The minimum atomic E-state index is -0.493. The molecule has 0 radical (unpaired) electrons. The number of non-ortho nitro benzene ring substituents is 1. The molecule has 8 heteroatoms. The van der Waals surface area contributed by atoms with Gasteiger partial charge in [0.25, 0.3) is 5.69 Å². The van der Waals surface area contributed by atoms with Crippen molar-refractivity contribution in [2.45, 2.75) is 6.92 Å². The Kier molecular flexibility index (Phi) is 5.10. The van der Waals surface area contributed by atoms with Crippen LogP contribution in [-0.4, -0.2) is 26.3 Å². The van der Waals surface area contributed by atoms with Crippen LogP contribution >= 0.6 is 0 Å². The predicted octanol–water partition coefficient (Wildman–Crippen LogP) is 5.34. The zero-order valence-corrected chi connectivity index (χ0v) is 18.0. The topological polar surface area (TPSA) is 104 Å². The Labute approximate surface area is 193 Å².